The molecule has 120 valence electrons. The molecule has 0 atom stereocenters. The molecule has 0 unspecified atom stereocenters. The van der Waals surface area contributed by atoms with Crippen molar-refractivity contribution < 1.29 is 14.7 Å². The van der Waals surface area contributed by atoms with Gasteiger partial charge in [-0.1, -0.05) is 48.5 Å². The largest absolute Gasteiger partial charge is 0.507 e. The summed E-state index contributed by atoms with van der Waals surface area (Å²) in [7, 11) is 0. The smallest absolute Gasteiger partial charge is 0.337 e. The number of urea groups is 1. The predicted octanol–water partition coefficient (Wildman–Crippen LogP) is 3.01. The molecule has 3 rings (SSSR count). The minimum Gasteiger partial charge on any atom is -0.507 e. The Kier molecular flexibility index (Phi) is 4.29. The molecule has 0 spiro atoms. The number of hydrogen-bond donors (Lipinski definition) is 4. The van der Waals surface area contributed by atoms with Crippen molar-refractivity contribution in [3.05, 3.63) is 72.3 Å². The summed E-state index contributed by atoms with van der Waals surface area (Å²) in [4.78, 5) is 23.9. The van der Waals surface area contributed by atoms with Gasteiger partial charge in [-0.15, -0.1) is 0 Å². The van der Waals surface area contributed by atoms with E-state index in [4.69, 9.17) is 0 Å². The van der Waals surface area contributed by atoms with Gasteiger partial charge in [-0.25, -0.2) is 10.2 Å². The summed E-state index contributed by atoms with van der Waals surface area (Å²) in [6, 6.07) is 18.7. The number of para-hydroxylation sites is 1. The summed E-state index contributed by atoms with van der Waals surface area (Å²) < 4.78 is 0. The molecule has 3 aromatic rings. The van der Waals surface area contributed by atoms with E-state index >= 15 is 0 Å². The van der Waals surface area contributed by atoms with E-state index in [0.717, 1.165) is 10.8 Å². The first-order valence-corrected chi connectivity index (χ1v) is 7.28. The lowest BCUT2D eigenvalue weighted by molar-refractivity contribution is 0.0935. The normalized spacial score (nSPS) is 10.2. The second-order valence-electron chi connectivity index (χ2n) is 5.08. The summed E-state index contributed by atoms with van der Waals surface area (Å²) in [5, 5.41) is 14.2. The van der Waals surface area contributed by atoms with Crippen LogP contribution in [0.3, 0.4) is 0 Å². The molecule has 0 fully saturated rings. The van der Waals surface area contributed by atoms with Gasteiger partial charge in [0.15, 0.2) is 0 Å². The highest BCUT2D eigenvalue weighted by molar-refractivity contribution is 6.03. The van der Waals surface area contributed by atoms with E-state index in [1.807, 2.05) is 36.4 Å². The molecule has 0 aliphatic heterocycles. The molecule has 6 heteroatoms. The van der Waals surface area contributed by atoms with Crippen LogP contribution >= 0.6 is 0 Å². The van der Waals surface area contributed by atoms with E-state index < -0.39 is 11.9 Å². The minimum atomic E-state index is -0.610. The highest BCUT2D eigenvalue weighted by Gasteiger charge is 2.11. The van der Waals surface area contributed by atoms with Crippen LogP contribution in [-0.4, -0.2) is 17.0 Å². The number of anilines is 1. The van der Waals surface area contributed by atoms with Gasteiger partial charge in [0.2, 0.25) is 0 Å². The molecule has 0 aliphatic carbocycles. The standard InChI is InChI=1S/C18H15N3O3/c22-16-11-4-3-9-14(16)17(23)20-21-18(24)19-15-10-5-7-12-6-1-2-8-13(12)15/h1-11,22H,(H,20,23)(H2,19,21,24). The first-order chi connectivity index (χ1) is 11.6. The number of hydrazine groups is 1. The van der Waals surface area contributed by atoms with Crippen LogP contribution in [0.2, 0.25) is 0 Å². The molecule has 0 heterocycles. The molecule has 0 saturated heterocycles. The molecular weight excluding hydrogens is 306 g/mol. The third kappa shape index (κ3) is 3.27. The monoisotopic (exact) mass is 321 g/mol. The summed E-state index contributed by atoms with van der Waals surface area (Å²) in [6.07, 6.45) is 0. The average molecular weight is 321 g/mol. The second-order valence-corrected chi connectivity index (χ2v) is 5.08. The van der Waals surface area contributed by atoms with Crippen molar-refractivity contribution in [1.82, 2.24) is 10.9 Å². The Morgan fingerprint density at radius 2 is 1.50 bits per heavy atom. The average Bonchev–Trinajstić information content (AvgIpc) is 2.60. The third-order valence-electron chi connectivity index (χ3n) is 3.48. The Morgan fingerprint density at radius 3 is 2.33 bits per heavy atom. The number of carbonyl (C=O) groups is 2. The molecule has 3 aromatic carbocycles. The van der Waals surface area contributed by atoms with Crippen molar-refractivity contribution in [2.24, 2.45) is 0 Å². The van der Waals surface area contributed by atoms with Gasteiger partial charge in [-0.2, -0.15) is 0 Å². The summed E-state index contributed by atoms with van der Waals surface area (Å²) in [6.45, 7) is 0. The lowest BCUT2D eigenvalue weighted by Crippen LogP contribution is -2.43. The van der Waals surface area contributed by atoms with Crippen LogP contribution in [0.1, 0.15) is 10.4 Å². The maximum atomic E-state index is 12.0. The minimum absolute atomic E-state index is 0.0722. The number of fused-ring (bicyclic) bond motifs is 1. The highest BCUT2D eigenvalue weighted by Crippen LogP contribution is 2.22. The Morgan fingerprint density at radius 1 is 0.792 bits per heavy atom. The predicted molar refractivity (Wildman–Crippen MR) is 91.7 cm³/mol. The number of carbonyl (C=O) groups excluding carboxylic acids is 2. The molecule has 0 saturated carbocycles. The van der Waals surface area contributed by atoms with E-state index in [0.29, 0.717) is 5.69 Å². The zero-order chi connectivity index (χ0) is 16.9. The molecule has 0 bridgehead atoms. The van der Waals surface area contributed by atoms with Crippen LogP contribution in [0.4, 0.5) is 10.5 Å². The number of aromatic hydroxyl groups is 1. The van der Waals surface area contributed by atoms with E-state index in [1.165, 1.54) is 12.1 Å². The molecular formula is C18H15N3O3. The summed E-state index contributed by atoms with van der Waals surface area (Å²) in [5.41, 5.74) is 5.21. The lowest BCUT2D eigenvalue weighted by atomic mass is 10.1. The van der Waals surface area contributed by atoms with Crippen molar-refractivity contribution in [2.45, 2.75) is 0 Å². The van der Waals surface area contributed by atoms with Crippen molar-refractivity contribution in [2.75, 3.05) is 5.32 Å². The van der Waals surface area contributed by atoms with Gasteiger partial charge in [-0.3, -0.25) is 10.2 Å². The van der Waals surface area contributed by atoms with E-state index in [-0.39, 0.29) is 11.3 Å². The number of rotatable bonds is 2. The van der Waals surface area contributed by atoms with Crippen molar-refractivity contribution in [3.63, 3.8) is 0 Å². The van der Waals surface area contributed by atoms with Crippen LogP contribution in [0.5, 0.6) is 5.75 Å². The Hall–Kier alpha value is -3.54. The Balaban J connectivity index is 1.66. The van der Waals surface area contributed by atoms with E-state index in [1.54, 1.807) is 18.2 Å². The van der Waals surface area contributed by atoms with Gasteiger partial charge in [0.1, 0.15) is 5.75 Å². The van der Waals surface area contributed by atoms with Crippen molar-refractivity contribution >= 4 is 28.4 Å². The molecule has 0 radical (unpaired) electrons. The number of hydrogen-bond acceptors (Lipinski definition) is 3. The van der Waals surface area contributed by atoms with Gasteiger partial charge < -0.3 is 10.4 Å². The highest BCUT2D eigenvalue weighted by atomic mass is 16.3. The first-order valence-electron chi connectivity index (χ1n) is 7.28. The SMILES string of the molecule is O=C(NNC(=O)c1ccccc1O)Nc1cccc2ccccc12. The summed E-state index contributed by atoms with van der Waals surface area (Å²) >= 11 is 0. The fourth-order valence-electron chi connectivity index (χ4n) is 2.33. The zero-order valence-corrected chi connectivity index (χ0v) is 12.6. The van der Waals surface area contributed by atoms with E-state index in [9.17, 15) is 14.7 Å². The van der Waals surface area contributed by atoms with Gasteiger partial charge in [0, 0.05) is 5.39 Å². The van der Waals surface area contributed by atoms with Crippen LogP contribution in [-0.2, 0) is 0 Å². The second kappa shape index (κ2) is 6.70. The van der Waals surface area contributed by atoms with Gasteiger partial charge in [0.25, 0.3) is 5.91 Å². The fourth-order valence-corrected chi connectivity index (χ4v) is 2.33. The quantitative estimate of drug-likeness (QED) is 0.547. The molecule has 24 heavy (non-hydrogen) atoms. The fraction of sp³-hybridized carbons (Fsp3) is 0. The van der Waals surface area contributed by atoms with Crippen molar-refractivity contribution in [3.8, 4) is 5.75 Å². The first kappa shape index (κ1) is 15.4. The lowest BCUT2D eigenvalue weighted by Gasteiger charge is -2.11. The van der Waals surface area contributed by atoms with Gasteiger partial charge in [0.05, 0.1) is 11.3 Å². The molecule has 6 nitrogen and oxygen atoms in total. The van der Waals surface area contributed by atoms with Crippen LogP contribution in [0.25, 0.3) is 10.8 Å². The maximum absolute atomic E-state index is 12.0. The molecule has 4 N–H and O–H groups in total. The molecule has 0 aromatic heterocycles. The number of benzene rings is 3. The Bertz CT molecular complexity index is 903. The topological polar surface area (TPSA) is 90.5 Å². The Labute approximate surface area is 138 Å². The number of amides is 3. The zero-order valence-electron chi connectivity index (χ0n) is 12.6. The number of nitrogens with one attached hydrogen (secondary N) is 3. The van der Waals surface area contributed by atoms with Gasteiger partial charge >= 0.3 is 6.03 Å². The third-order valence-corrected chi connectivity index (χ3v) is 3.48. The van der Waals surface area contributed by atoms with Gasteiger partial charge in [-0.05, 0) is 23.6 Å². The number of phenols is 1. The number of phenolic OH excluding ortho intramolecular Hbond substituents is 1. The van der Waals surface area contributed by atoms with E-state index in [2.05, 4.69) is 16.2 Å². The van der Waals surface area contributed by atoms with Crippen LogP contribution in [0.15, 0.2) is 66.7 Å². The molecule has 3 amide bonds. The van der Waals surface area contributed by atoms with Crippen LogP contribution in [0, 0.1) is 0 Å². The van der Waals surface area contributed by atoms with Crippen LogP contribution < -0.4 is 16.2 Å². The summed E-state index contributed by atoms with van der Waals surface area (Å²) in [5.74, 6) is -0.771. The molecule has 0 aliphatic rings. The maximum Gasteiger partial charge on any atom is 0.337 e. The van der Waals surface area contributed by atoms with Crippen molar-refractivity contribution in [1.29, 1.82) is 0 Å².